The van der Waals surface area contributed by atoms with Gasteiger partial charge in [0.2, 0.25) is 5.88 Å². The van der Waals surface area contributed by atoms with Crippen molar-refractivity contribution in [3.05, 3.63) is 54.9 Å². The van der Waals surface area contributed by atoms with E-state index in [1.807, 2.05) is 56.3 Å². The predicted molar refractivity (Wildman–Crippen MR) is 127 cm³/mol. The zero-order chi connectivity index (χ0) is 21.5. The molecule has 1 aromatic carbocycles. The molecule has 6 nitrogen and oxygen atoms in total. The van der Waals surface area contributed by atoms with E-state index in [9.17, 15) is 0 Å². The van der Waals surface area contributed by atoms with Gasteiger partial charge in [-0.15, -0.1) is 0 Å². The first-order valence-corrected chi connectivity index (χ1v) is 10.2. The first-order valence-electron chi connectivity index (χ1n) is 9.77. The fourth-order valence-electron chi connectivity index (χ4n) is 2.46. The van der Waals surface area contributed by atoms with Crippen molar-refractivity contribution in [2.45, 2.75) is 20.3 Å². The lowest BCUT2D eigenvalue weighted by molar-refractivity contribution is 0.401. The monoisotopic (exact) mass is 415 g/mol. The van der Waals surface area contributed by atoms with Gasteiger partial charge >= 0.3 is 0 Å². The van der Waals surface area contributed by atoms with Gasteiger partial charge in [-0.25, -0.2) is 4.98 Å². The molecule has 0 radical (unpaired) electrons. The highest BCUT2D eigenvalue weighted by atomic mass is 32.1. The summed E-state index contributed by atoms with van der Waals surface area (Å²) in [5.41, 5.74) is 2.77. The zero-order valence-corrected chi connectivity index (χ0v) is 18.9. The Bertz CT molecular complexity index is 815. The van der Waals surface area contributed by atoms with E-state index in [2.05, 4.69) is 51.8 Å². The minimum Gasteiger partial charge on any atom is -0.479 e. The summed E-state index contributed by atoms with van der Waals surface area (Å²) in [5.74, 6) is 0.536. The van der Waals surface area contributed by atoms with Crippen molar-refractivity contribution in [3.8, 4) is 5.88 Å². The van der Waals surface area contributed by atoms with Crippen LogP contribution in [0.25, 0.3) is 10.9 Å². The Labute approximate surface area is 180 Å². The molecule has 2 N–H and O–H groups in total. The number of thiol groups is 1. The largest absolute Gasteiger partial charge is 0.479 e. The Morgan fingerprint density at radius 3 is 2.31 bits per heavy atom. The molecule has 3 rings (SSSR count). The molecule has 2 heterocycles. The highest BCUT2D eigenvalue weighted by Gasteiger charge is 2.07. The predicted octanol–water partition coefficient (Wildman–Crippen LogP) is 4.78. The quantitative estimate of drug-likeness (QED) is 0.381. The maximum atomic E-state index is 5.23. The molecule has 0 atom stereocenters. The highest BCUT2D eigenvalue weighted by Crippen LogP contribution is 2.28. The van der Waals surface area contributed by atoms with E-state index in [0.29, 0.717) is 5.88 Å². The molecule has 0 spiro atoms. The third-order valence-corrected chi connectivity index (χ3v) is 3.99. The number of hydrogen-bond donors (Lipinski definition) is 3. The molecule has 0 aliphatic rings. The molecule has 0 bridgehead atoms. The van der Waals surface area contributed by atoms with E-state index in [0.717, 1.165) is 41.8 Å². The van der Waals surface area contributed by atoms with Crippen LogP contribution in [0.15, 0.2) is 54.9 Å². The van der Waals surface area contributed by atoms with Gasteiger partial charge in [0.05, 0.1) is 7.11 Å². The van der Waals surface area contributed by atoms with Crippen LogP contribution in [-0.4, -0.2) is 49.2 Å². The van der Waals surface area contributed by atoms with Crippen LogP contribution in [0, 0.1) is 0 Å². The van der Waals surface area contributed by atoms with Crippen LogP contribution in [0.2, 0.25) is 0 Å². The lowest BCUT2D eigenvalue weighted by atomic mass is 10.2. The lowest BCUT2D eigenvalue weighted by Crippen LogP contribution is -2.16. The number of nitrogens with zero attached hydrogens (tertiary/aromatic N) is 3. The Morgan fingerprint density at radius 2 is 1.69 bits per heavy atom. The van der Waals surface area contributed by atoms with Crippen molar-refractivity contribution >= 4 is 35.1 Å². The van der Waals surface area contributed by atoms with E-state index in [4.69, 9.17) is 4.74 Å². The molecular weight excluding hydrogens is 382 g/mol. The molecule has 0 aliphatic carbocycles. The number of anilines is 2. The fourth-order valence-corrected chi connectivity index (χ4v) is 2.62. The minimum absolute atomic E-state index is 0.536. The van der Waals surface area contributed by atoms with Gasteiger partial charge in [0.1, 0.15) is 5.52 Å². The van der Waals surface area contributed by atoms with Gasteiger partial charge in [0.25, 0.3) is 0 Å². The number of methoxy groups -OCH3 is 1. The Kier molecular flexibility index (Phi) is 12.4. The first-order chi connectivity index (χ1) is 14.2. The van der Waals surface area contributed by atoms with Crippen LogP contribution in [0.4, 0.5) is 11.4 Å². The third-order valence-electron chi connectivity index (χ3n) is 3.77. The van der Waals surface area contributed by atoms with Gasteiger partial charge in [0, 0.05) is 35.7 Å². The molecule has 0 saturated carbocycles. The van der Waals surface area contributed by atoms with E-state index >= 15 is 0 Å². The summed E-state index contributed by atoms with van der Waals surface area (Å²) in [6.07, 6.45) is 4.63. The number of fused-ring (bicyclic) bond motifs is 1. The van der Waals surface area contributed by atoms with Crippen LogP contribution in [0.3, 0.4) is 0 Å². The lowest BCUT2D eigenvalue weighted by Gasteiger charge is -2.10. The van der Waals surface area contributed by atoms with Crippen LogP contribution < -0.4 is 14.8 Å². The molecule has 0 saturated heterocycles. The summed E-state index contributed by atoms with van der Waals surface area (Å²) in [5, 5.41) is 4.36. The van der Waals surface area contributed by atoms with Gasteiger partial charge in [0.15, 0.2) is 0 Å². The molecule has 158 valence electrons. The number of para-hydroxylation sites is 1. The number of rotatable bonds is 7. The minimum atomic E-state index is 0.536. The van der Waals surface area contributed by atoms with Crippen molar-refractivity contribution in [1.29, 1.82) is 0 Å². The molecule has 0 fully saturated rings. The second-order valence-corrected chi connectivity index (χ2v) is 6.45. The second-order valence-electron chi connectivity index (χ2n) is 6.13. The SMILES string of the molecule is CC.CN(C)CCCNS.COc1nccc2c(Nc3ccccc3)ccnc12. The summed E-state index contributed by atoms with van der Waals surface area (Å²) in [6.45, 7) is 6.12. The summed E-state index contributed by atoms with van der Waals surface area (Å²) < 4.78 is 8.02. The Morgan fingerprint density at radius 1 is 1.00 bits per heavy atom. The van der Waals surface area contributed by atoms with Crippen LogP contribution in [-0.2, 0) is 0 Å². The highest BCUT2D eigenvalue weighted by molar-refractivity contribution is 7.78. The van der Waals surface area contributed by atoms with Gasteiger partial charge in [-0.3, -0.25) is 9.71 Å². The van der Waals surface area contributed by atoms with Gasteiger partial charge < -0.3 is 15.0 Å². The standard InChI is InChI=1S/C15H13N3O.C5H14N2S.C2H6/c1-19-15-14-12(7-9-17-15)13(8-10-16-14)18-11-5-3-2-4-6-11;1-7(2)5-3-4-6-8;1-2/h2-10H,1H3,(H,16,18);6,8H,3-5H2,1-2H3;1-2H3. The van der Waals surface area contributed by atoms with Crippen LogP contribution in [0.1, 0.15) is 20.3 Å². The van der Waals surface area contributed by atoms with Crippen molar-refractivity contribution in [1.82, 2.24) is 19.6 Å². The maximum absolute atomic E-state index is 5.23. The summed E-state index contributed by atoms with van der Waals surface area (Å²) in [6, 6.07) is 13.9. The topological polar surface area (TPSA) is 62.3 Å². The summed E-state index contributed by atoms with van der Waals surface area (Å²) in [7, 11) is 5.73. The number of benzene rings is 1. The molecule has 0 amide bonds. The van der Waals surface area contributed by atoms with Crippen LogP contribution >= 0.6 is 12.8 Å². The van der Waals surface area contributed by atoms with E-state index in [1.54, 1.807) is 19.5 Å². The van der Waals surface area contributed by atoms with Crippen molar-refractivity contribution in [2.24, 2.45) is 0 Å². The molecule has 29 heavy (non-hydrogen) atoms. The molecule has 3 aromatic rings. The fraction of sp³-hybridized carbons (Fsp3) is 0.364. The molecule has 7 heteroatoms. The Hall–Kier alpha value is -2.35. The van der Waals surface area contributed by atoms with E-state index < -0.39 is 0 Å². The number of aromatic nitrogens is 2. The molecule has 2 aromatic heterocycles. The van der Waals surface area contributed by atoms with Crippen molar-refractivity contribution < 1.29 is 4.74 Å². The molecule has 0 aliphatic heterocycles. The van der Waals surface area contributed by atoms with Gasteiger partial charge in [-0.1, -0.05) is 44.9 Å². The Balaban J connectivity index is 0.000000358. The van der Waals surface area contributed by atoms with Crippen molar-refractivity contribution in [2.75, 3.05) is 39.6 Å². The smallest absolute Gasteiger partial charge is 0.240 e. The van der Waals surface area contributed by atoms with E-state index in [-0.39, 0.29) is 0 Å². The number of ether oxygens (including phenoxy) is 1. The van der Waals surface area contributed by atoms with Crippen LogP contribution in [0.5, 0.6) is 5.88 Å². The summed E-state index contributed by atoms with van der Waals surface area (Å²) in [4.78, 5) is 10.6. The zero-order valence-electron chi connectivity index (χ0n) is 18.0. The molecule has 0 unspecified atom stereocenters. The van der Waals surface area contributed by atoms with Gasteiger partial charge in [-0.2, -0.15) is 0 Å². The average Bonchev–Trinajstić information content (AvgIpc) is 2.76. The normalized spacial score (nSPS) is 9.90. The van der Waals surface area contributed by atoms with E-state index in [1.165, 1.54) is 0 Å². The van der Waals surface area contributed by atoms with Crippen molar-refractivity contribution in [3.63, 3.8) is 0 Å². The number of pyridine rings is 2. The summed E-state index contributed by atoms with van der Waals surface area (Å²) >= 11 is 3.85. The second kappa shape index (κ2) is 14.6. The number of nitrogens with one attached hydrogen (secondary N) is 2. The van der Waals surface area contributed by atoms with Gasteiger partial charge in [-0.05, 0) is 51.3 Å². The maximum Gasteiger partial charge on any atom is 0.240 e. The number of hydrogen-bond acceptors (Lipinski definition) is 7. The third kappa shape index (κ3) is 8.68. The molecular formula is C22H33N5OS. The first kappa shape index (κ1) is 24.7. The average molecular weight is 416 g/mol.